The highest BCUT2D eigenvalue weighted by Crippen LogP contribution is 2.30. The summed E-state index contributed by atoms with van der Waals surface area (Å²) in [6.45, 7) is 0.464. The molecule has 4 heteroatoms. The first-order valence-corrected chi connectivity index (χ1v) is 6.83. The quantitative estimate of drug-likeness (QED) is 0.791. The molecule has 17 heavy (non-hydrogen) atoms. The van der Waals surface area contributed by atoms with Gasteiger partial charge < -0.3 is 15.3 Å². The maximum absolute atomic E-state index is 11.9. The van der Waals surface area contributed by atoms with E-state index < -0.39 is 5.60 Å². The summed E-state index contributed by atoms with van der Waals surface area (Å²) in [7, 11) is 1.78. The summed E-state index contributed by atoms with van der Waals surface area (Å²) in [5, 5.41) is 13.3. The van der Waals surface area contributed by atoms with Gasteiger partial charge in [-0.15, -0.1) is 0 Å². The zero-order valence-corrected chi connectivity index (χ0v) is 10.7. The van der Waals surface area contributed by atoms with E-state index >= 15 is 0 Å². The monoisotopic (exact) mass is 240 g/mol. The second-order valence-electron chi connectivity index (χ2n) is 5.72. The molecule has 4 nitrogen and oxygen atoms in total. The molecule has 0 aliphatic heterocycles. The molecule has 0 aromatic rings. The van der Waals surface area contributed by atoms with E-state index in [-0.39, 0.29) is 6.03 Å². The highest BCUT2D eigenvalue weighted by molar-refractivity contribution is 5.74. The summed E-state index contributed by atoms with van der Waals surface area (Å²) in [6.07, 6.45) is 8.45. The Labute approximate surface area is 103 Å². The molecule has 0 atom stereocenters. The van der Waals surface area contributed by atoms with E-state index in [0.717, 1.165) is 38.5 Å². The molecular formula is C13H24N2O2. The standard InChI is InChI=1S/C13H24N2O2/c1-15(10-13(17)8-4-5-9-13)12(16)14-11-6-2-3-7-11/h11,17H,2-10H2,1H3,(H,14,16). The number of nitrogens with one attached hydrogen (secondary N) is 1. The van der Waals surface area contributed by atoms with Crippen molar-refractivity contribution in [2.45, 2.75) is 63.0 Å². The third-order valence-electron chi connectivity index (χ3n) is 4.10. The zero-order chi connectivity index (χ0) is 12.3. The Kier molecular flexibility index (Phi) is 3.92. The van der Waals surface area contributed by atoms with Crippen LogP contribution in [0.25, 0.3) is 0 Å². The fourth-order valence-electron chi connectivity index (χ4n) is 3.06. The van der Waals surface area contributed by atoms with Crippen LogP contribution in [0.15, 0.2) is 0 Å². The van der Waals surface area contributed by atoms with Crippen LogP contribution in [0.2, 0.25) is 0 Å². The van der Waals surface area contributed by atoms with Crippen LogP contribution in [0.1, 0.15) is 51.4 Å². The number of hydrogen-bond donors (Lipinski definition) is 2. The zero-order valence-electron chi connectivity index (χ0n) is 10.7. The Morgan fingerprint density at radius 1 is 1.29 bits per heavy atom. The topological polar surface area (TPSA) is 52.6 Å². The lowest BCUT2D eigenvalue weighted by molar-refractivity contribution is 0.0244. The molecule has 2 rings (SSSR count). The first-order chi connectivity index (χ1) is 8.09. The van der Waals surface area contributed by atoms with Crippen LogP contribution >= 0.6 is 0 Å². The van der Waals surface area contributed by atoms with Crippen LogP contribution in [0.5, 0.6) is 0 Å². The molecule has 0 radical (unpaired) electrons. The highest BCUT2D eigenvalue weighted by Gasteiger charge is 2.33. The summed E-state index contributed by atoms with van der Waals surface area (Å²) in [6, 6.07) is 0.320. The van der Waals surface area contributed by atoms with Gasteiger partial charge in [0.25, 0.3) is 0 Å². The second kappa shape index (κ2) is 5.25. The maximum Gasteiger partial charge on any atom is 0.317 e. The van der Waals surface area contributed by atoms with E-state index in [1.807, 2.05) is 0 Å². The summed E-state index contributed by atoms with van der Waals surface area (Å²) in [4.78, 5) is 13.6. The minimum atomic E-state index is -0.637. The van der Waals surface area contributed by atoms with Crippen LogP contribution in [-0.2, 0) is 0 Å². The summed E-state index contributed by atoms with van der Waals surface area (Å²) < 4.78 is 0. The van der Waals surface area contributed by atoms with Crippen molar-refractivity contribution in [1.29, 1.82) is 0 Å². The lowest BCUT2D eigenvalue weighted by Crippen LogP contribution is -2.48. The molecule has 2 N–H and O–H groups in total. The summed E-state index contributed by atoms with van der Waals surface area (Å²) >= 11 is 0. The van der Waals surface area contributed by atoms with Gasteiger partial charge in [-0.05, 0) is 25.7 Å². The van der Waals surface area contributed by atoms with Crippen LogP contribution in [0.4, 0.5) is 4.79 Å². The number of carbonyl (C=O) groups is 1. The number of carbonyl (C=O) groups excluding carboxylic acids is 1. The van der Waals surface area contributed by atoms with Gasteiger partial charge in [-0.3, -0.25) is 0 Å². The number of nitrogens with zero attached hydrogens (tertiary/aromatic N) is 1. The van der Waals surface area contributed by atoms with E-state index in [4.69, 9.17) is 0 Å². The Balaban J connectivity index is 1.78. The smallest absolute Gasteiger partial charge is 0.317 e. The lowest BCUT2D eigenvalue weighted by Gasteiger charge is -2.29. The molecule has 98 valence electrons. The fraction of sp³-hybridized carbons (Fsp3) is 0.923. The Bertz CT molecular complexity index is 269. The van der Waals surface area contributed by atoms with Gasteiger partial charge in [-0.1, -0.05) is 25.7 Å². The number of hydrogen-bond acceptors (Lipinski definition) is 2. The Morgan fingerprint density at radius 3 is 2.47 bits per heavy atom. The third kappa shape index (κ3) is 3.35. The van der Waals surface area contributed by atoms with E-state index in [0.29, 0.717) is 12.6 Å². The van der Waals surface area contributed by atoms with Crippen molar-refractivity contribution in [3.05, 3.63) is 0 Å². The largest absolute Gasteiger partial charge is 0.388 e. The first kappa shape index (κ1) is 12.7. The number of amides is 2. The minimum absolute atomic E-state index is 0.0303. The fourth-order valence-corrected chi connectivity index (χ4v) is 3.06. The number of likely N-dealkylation sites (N-methyl/N-ethyl adjacent to an activating group) is 1. The highest BCUT2D eigenvalue weighted by atomic mass is 16.3. The number of aliphatic hydroxyl groups is 1. The van der Waals surface area contributed by atoms with Gasteiger partial charge in [0, 0.05) is 13.1 Å². The van der Waals surface area contributed by atoms with E-state index in [2.05, 4.69) is 5.32 Å². The van der Waals surface area contributed by atoms with Crippen molar-refractivity contribution in [3.8, 4) is 0 Å². The van der Waals surface area contributed by atoms with Crippen LogP contribution < -0.4 is 5.32 Å². The molecule has 0 spiro atoms. The third-order valence-corrected chi connectivity index (χ3v) is 4.10. The van der Waals surface area contributed by atoms with E-state index in [9.17, 15) is 9.90 Å². The van der Waals surface area contributed by atoms with Crippen molar-refractivity contribution >= 4 is 6.03 Å². The van der Waals surface area contributed by atoms with Gasteiger partial charge in [0.1, 0.15) is 0 Å². The molecule has 2 aliphatic rings. The Morgan fingerprint density at radius 2 is 1.88 bits per heavy atom. The van der Waals surface area contributed by atoms with Crippen LogP contribution in [-0.4, -0.2) is 41.3 Å². The van der Waals surface area contributed by atoms with E-state index in [1.54, 1.807) is 11.9 Å². The van der Waals surface area contributed by atoms with Gasteiger partial charge in [-0.25, -0.2) is 4.79 Å². The van der Waals surface area contributed by atoms with Gasteiger partial charge in [-0.2, -0.15) is 0 Å². The van der Waals surface area contributed by atoms with Crippen molar-refractivity contribution in [3.63, 3.8) is 0 Å². The van der Waals surface area contributed by atoms with Gasteiger partial charge >= 0.3 is 6.03 Å². The van der Waals surface area contributed by atoms with Crippen molar-refractivity contribution in [2.24, 2.45) is 0 Å². The molecule has 0 unspecified atom stereocenters. The van der Waals surface area contributed by atoms with Gasteiger partial charge in [0.2, 0.25) is 0 Å². The van der Waals surface area contributed by atoms with E-state index in [1.165, 1.54) is 12.8 Å². The maximum atomic E-state index is 11.9. The van der Waals surface area contributed by atoms with Crippen molar-refractivity contribution < 1.29 is 9.90 Å². The lowest BCUT2D eigenvalue weighted by atomic mass is 10.0. The minimum Gasteiger partial charge on any atom is -0.388 e. The van der Waals surface area contributed by atoms with Crippen molar-refractivity contribution in [2.75, 3.05) is 13.6 Å². The number of urea groups is 1. The molecule has 0 aromatic carbocycles. The SMILES string of the molecule is CN(CC1(O)CCCC1)C(=O)NC1CCCC1. The predicted octanol–water partition coefficient (Wildman–Crippen LogP) is 1.88. The molecule has 0 saturated heterocycles. The van der Waals surface area contributed by atoms with Crippen molar-refractivity contribution in [1.82, 2.24) is 10.2 Å². The molecule has 0 aromatic heterocycles. The van der Waals surface area contributed by atoms with Gasteiger partial charge in [0.05, 0.1) is 12.1 Å². The summed E-state index contributed by atoms with van der Waals surface area (Å²) in [5.41, 5.74) is -0.637. The normalized spacial score (nSPS) is 23.9. The predicted molar refractivity (Wildman–Crippen MR) is 66.8 cm³/mol. The average Bonchev–Trinajstić information content (AvgIpc) is 2.90. The number of rotatable bonds is 3. The average molecular weight is 240 g/mol. The molecule has 0 bridgehead atoms. The summed E-state index contributed by atoms with van der Waals surface area (Å²) in [5.74, 6) is 0. The van der Waals surface area contributed by atoms with Crippen LogP contribution in [0, 0.1) is 0 Å². The first-order valence-electron chi connectivity index (χ1n) is 6.83. The van der Waals surface area contributed by atoms with Gasteiger partial charge in [0.15, 0.2) is 0 Å². The van der Waals surface area contributed by atoms with Crippen LogP contribution in [0.3, 0.4) is 0 Å². The Hall–Kier alpha value is -0.770. The molecule has 2 amide bonds. The molecule has 2 saturated carbocycles. The second-order valence-corrected chi connectivity index (χ2v) is 5.72. The molecule has 2 fully saturated rings. The molecule has 2 aliphatic carbocycles. The molecular weight excluding hydrogens is 216 g/mol. The molecule has 0 heterocycles.